The first-order chi connectivity index (χ1) is 11.8. The van der Waals surface area contributed by atoms with Gasteiger partial charge in [-0.15, -0.1) is 0 Å². The van der Waals surface area contributed by atoms with Gasteiger partial charge in [-0.2, -0.15) is 0 Å². The van der Waals surface area contributed by atoms with Gasteiger partial charge in [-0.25, -0.2) is 0 Å². The van der Waals surface area contributed by atoms with E-state index in [4.69, 9.17) is 0 Å². The Morgan fingerprint density at radius 3 is 1.96 bits per heavy atom. The molecule has 25 heavy (non-hydrogen) atoms. The maximum atomic E-state index is 12.5. The largest absolute Gasteiger partial charge is 0.341 e. The number of aryl methyl sites for hydroxylation is 5. The van der Waals surface area contributed by atoms with Crippen LogP contribution in [0.1, 0.15) is 44.9 Å². The van der Waals surface area contributed by atoms with Crippen LogP contribution in [0.15, 0.2) is 24.3 Å². The Bertz CT molecular complexity index is 876. The zero-order valence-corrected chi connectivity index (χ0v) is 16.0. The molecule has 2 aliphatic heterocycles. The number of carbonyl (C=O) groups is 1. The van der Waals surface area contributed by atoms with E-state index in [1.165, 1.54) is 44.6 Å². The summed E-state index contributed by atoms with van der Waals surface area (Å²) < 4.78 is 0. The summed E-state index contributed by atoms with van der Waals surface area (Å²) in [6, 6.07) is 9.06. The van der Waals surface area contributed by atoms with E-state index in [9.17, 15) is 4.79 Å². The molecule has 4 rings (SSSR count). The quantitative estimate of drug-likeness (QED) is 0.787. The molecule has 0 N–H and O–H groups in total. The average molecular weight is 334 g/mol. The predicted octanol–water partition coefficient (Wildman–Crippen LogP) is 3.98. The molecule has 2 heterocycles. The summed E-state index contributed by atoms with van der Waals surface area (Å²) in [5.74, 6) is 0.426. The molecule has 2 unspecified atom stereocenters. The van der Waals surface area contributed by atoms with Gasteiger partial charge in [-0.1, -0.05) is 23.8 Å². The lowest BCUT2D eigenvalue weighted by Gasteiger charge is -2.30. The smallest absolute Gasteiger partial charge is 0.243 e. The fourth-order valence-electron chi connectivity index (χ4n) is 5.06. The second kappa shape index (κ2) is 5.35. The van der Waals surface area contributed by atoms with Crippen molar-refractivity contribution in [3.05, 3.63) is 63.2 Å². The summed E-state index contributed by atoms with van der Waals surface area (Å²) in [6.07, 6.45) is 0.0862. The maximum absolute atomic E-state index is 12.5. The number of carbonyl (C=O) groups excluding carboxylic acids is 1. The van der Waals surface area contributed by atoms with E-state index in [1.54, 1.807) is 0 Å². The second-order valence-corrected chi connectivity index (χ2v) is 7.85. The molecule has 0 bridgehead atoms. The summed E-state index contributed by atoms with van der Waals surface area (Å²) in [6.45, 7) is 11.4. The van der Waals surface area contributed by atoms with Crippen molar-refractivity contribution in [1.29, 1.82) is 0 Å². The normalized spacial score (nSPS) is 21.8. The minimum absolute atomic E-state index is 0.0862. The Kier molecular flexibility index (Phi) is 3.47. The SMILES string of the molecule is Cc1cc(C)c(C2c3c(C)cc(C)cc3N3CC(=O)N(C)C23)c(C)c1. The third-order valence-electron chi connectivity index (χ3n) is 5.89. The molecule has 1 amide bonds. The van der Waals surface area contributed by atoms with Gasteiger partial charge in [0.2, 0.25) is 5.91 Å². The Balaban J connectivity index is 2.01. The number of benzene rings is 2. The molecule has 0 radical (unpaired) electrons. The molecule has 0 spiro atoms. The van der Waals surface area contributed by atoms with Crippen LogP contribution in [0.3, 0.4) is 0 Å². The van der Waals surface area contributed by atoms with Gasteiger partial charge >= 0.3 is 0 Å². The van der Waals surface area contributed by atoms with Crippen LogP contribution in [-0.2, 0) is 4.79 Å². The Morgan fingerprint density at radius 2 is 1.36 bits per heavy atom. The molecule has 130 valence electrons. The third kappa shape index (κ3) is 2.21. The Morgan fingerprint density at radius 1 is 0.840 bits per heavy atom. The Hall–Kier alpha value is -2.29. The van der Waals surface area contributed by atoms with Gasteiger partial charge in [0.15, 0.2) is 0 Å². The number of fused-ring (bicyclic) bond motifs is 3. The van der Waals surface area contributed by atoms with Crippen molar-refractivity contribution < 1.29 is 4.79 Å². The lowest BCUT2D eigenvalue weighted by molar-refractivity contribution is -0.126. The van der Waals surface area contributed by atoms with Gasteiger partial charge in [0.05, 0.1) is 12.5 Å². The molecule has 2 aromatic carbocycles. The van der Waals surface area contributed by atoms with Gasteiger partial charge in [0, 0.05) is 12.7 Å². The summed E-state index contributed by atoms with van der Waals surface area (Å²) in [5, 5.41) is 0. The summed E-state index contributed by atoms with van der Waals surface area (Å²) in [7, 11) is 1.95. The van der Waals surface area contributed by atoms with Crippen molar-refractivity contribution >= 4 is 11.6 Å². The number of hydrogen-bond donors (Lipinski definition) is 0. The second-order valence-electron chi connectivity index (χ2n) is 7.85. The maximum Gasteiger partial charge on any atom is 0.243 e. The topological polar surface area (TPSA) is 23.6 Å². The first-order valence-corrected chi connectivity index (χ1v) is 9.00. The molecular weight excluding hydrogens is 308 g/mol. The monoisotopic (exact) mass is 334 g/mol. The molecule has 0 saturated carbocycles. The van der Waals surface area contributed by atoms with E-state index in [1.807, 2.05) is 11.9 Å². The highest BCUT2D eigenvalue weighted by Crippen LogP contribution is 2.50. The third-order valence-corrected chi connectivity index (χ3v) is 5.89. The van der Waals surface area contributed by atoms with E-state index in [0.717, 1.165) is 0 Å². The fraction of sp³-hybridized carbons (Fsp3) is 0.409. The first-order valence-electron chi connectivity index (χ1n) is 9.00. The van der Waals surface area contributed by atoms with Crippen molar-refractivity contribution in [2.24, 2.45) is 0 Å². The van der Waals surface area contributed by atoms with Gasteiger partial charge in [-0.05, 0) is 74.1 Å². The molecule has 3 nitrogen and oxygen atoms in total. The van der Waals surface area contributed by atoms with E-state index in [2.05, 4.69) is 63.8 Å². The predicted molar refractivity (Wildman–Crippen MR) is 102 cm³/mol. The van der Waals surface area contributed by atoms with Crippen LogP contribution < -0.4 is 4.90 Å². The van der Waals surface area contributed by atoms with Crippen LogP contribution in [0.5, 0.6) is 0 Å². The molecule has 3 heteroatoms. The number of anilines is 1. The molecule has 2 atom stereocenters. The summed E-state index contributed by atoms with van der Waals surface area (Å²) in [4.78, 5) is 16.7. The van der Waals surface area contributed by atoms with Crippen LogP contribution in [0.4, 0.5) is 5.69 Å². The number of likely N-dealkylation sites (N-methyl/N-ethyl adjacent to an activating group) is 1. The van der Waals surface area contributed by atoms with Crippen molar-refractivity contribution in [3.63, 3.8) is 0 Å². The van der Waals surface area contributed by atoms with Gasteiger partial charge in [0.25, 0.3) is 0 Å². The highest BCUT2D eigenvalue weighted by Gasteiger charge is 2.49. The zero-order valence-electron chi connectivity index (χ0n) is 16.0. The highest BCUT2D eigenvalue weighted by molar-refractivity contribution is 5.89. The highest BCUT2D eigenvalue weighted by atomic mass is 16.2. The lowest BCUT2D eigenvalue weighted by atomic mass is 9.82. The fourth-order valence-corrected chi connectivity index (χ4v) is 5.06. The summed E-state index contributed by atoms with van der Waals surface area (Å²) in [5.41, 5.74) is 10.5. The van der Waals surface area contributed by atoms with Crippen LogP contribution in [0, 0.1) is 34.6 Å². The lowest BCUT2D eigenvalue weighted by Crippen LogP contribution is -2.38. The van der Waals surface area contributed by atoms with Gasteiger partial charge in [-0.3, -0.25) is 4.79 Å². The number of hydrogen-bond acceptors (Lipinski definition) is 2. The van der Waals surface area contributed by atoms with E-state index < -0.39 is 0 Å². The Labute approximate surface area is 150 Å². The summed E-state index contributed by atoms with van der Waals surface area (Å²) >= 11 is 0. The number of rotatable bonds is 1. The van der Waals surface area contributed by atoms with Crippen molar-refractivity contribution in [1.82, 2.24) is 4.90 Å². The standard InChI is InChI=1S/C22H26N2O/c1-12-7-14(3)19(15(4)8-12)21-20-16(5)9-13(2)10-17(20)24-11-18(25)23(6)22(21)24/h7-10,21-22H,11H2,1-6H3. The van der Waals surface area contributed by atoms with Crippen molar-refractivity contribution in [2.75, 3.05) is 18.5 Å². The van der Waals surface area contributed by atoms with Gasteiger partial charge < -0.3 is 9.80 Å². The number of nitrogens with zero attached hydrogens (tertiary/aromatic N) is 2. The van der Waals surface area contributed by atoms with Crippen molar-refractivity contribution in [2.45, 2.75) is 46.7 Å². The molecule has 1 fully saturated rings. The minimum atomic E-state index is 0.0862. The first kappa shape index (κ1) is 16.2. The van der Waals surface area contributed by atoms with Crippen LogP contribution in [0.25, 0.3) is 0 Å². The molecule has 2 aliphatic rings. The number of amides is 1. The van der Waals surface area contributed by atoms with E-state index in [-0.39, 0.29) is 18.0 Å². The zero-order chi connectivity index (χ0) is 18.0. The minimum Gasteiger partial charge on any atom is -0.341 e. The van der Waals surface area contributed by atoms with E-state index >= 15 is 0 Å². The van der Waals surface area contributed by atoms with E-state index in [0.29, 0.717) is 6.54 Å². The van der Waals surface area contributed by atoms with Gasteiger partial charge in [0.1, 0.15) is 6.17 Å². The van der Waals surface area contributed by atoms with Crippen LogP contribution in [-0.4, -0.2) is 30.6 Å². The molecule has 0 aliphatic carbocycles. The van der Waals surface area contributed by atoms with Crippen molar-refractivity contribution in [3.8, 4) is 0 Å². The molecule has 2 aromatic rings. The molecule has 1 saturated heterocycles. The van der Waals surface area contributed by atoms with Crippen LogP contribution >= 0.6 is 0 Å². The molecule has 0 aromatic heterocycles. The average Bonchev–Trinajstić information content (AvgIpc) is 2.95. The van der Waals surface area contributed by atoms with Crippen LogP contribution in [0.2, 0.25) is 0 Å². The molecular formula is C22H26N2O.